The van der Waals surface area contributed by atoms with Crippen molar-refractivity contribution in [1.29, 1.82) is 5.26 Å². The summed E-state index contributed by atoms with van der Waals surface area (Å²) in [5, 5.41) is 9.66. The van der Waals surface area contributed by atoms with Crippen LogP contribution in [-0.2, 0) is 0 Å². The summed E-state index contributed by atoms with van der Waals surface area (Å²) < 4.78 is 15.5. The fourth-order valence-corrected chi connectivity index (χ4v) is 3.20. The quantitative estimate of drug-likeness (QED) is 0.504. The lowest BCUT2D eigenvalue weighted by molar-refractivity contribution is 0.627. The number of aryl methyl sites for hydroxylation is 2. The molecule has 0 spiro atoms. The zero-order valence-corrected chi connectivity index (χ0v) is 15.6. The summed E-state index contributed by atoms with van der Waals surface area (Å²) in [6.45, 7) is 5.96. The third kappa shape index (κ3) is 3.42. The van der Waals surface area contributed by atoms with E-state index in [1.54, 1.807) is 12.1 Å². The Morgan fingerprint density at radius 1 is 1.08 bits per heavy atom. The summed E-state index contributed by atoms with van der Waals surface area (Å²) in [6.07, 6.45) is 1.88. The highest BCUT2D eigenvalue weighted by Crippen LogP contribution is 2.27. The Labute approximate surface area is 157 Å². The molecule has 130 valence electrons. The Morgan fingerprint density at radius 2 is 1.77 bits per heavy atom. The van der Waals surface area contributed by atoms with E-state index in [0.717, 1.165) is 33.8 Å². The van der Waals surface area contributed by atoms with Crippen LogP contribution in [0.15, 0.2) is 48.5 Å². The normalized spacial score (nSPS) is 11.5. The van der Waals surface area contributed by atoms with Crippen LogP contribution in [0.2, 0.25) is 5.02 Å². The van der Waals surface area contributed by atoms with Crippen LogP contribution in [-0.4, -0.2) is 4.57 Å². The van der Waals surface area contributed by atoms with Crippen molar-refractivity contribution in [3.8, 4) is 11.8 Å². The van der Waals surface area contributed by atoms with Crippen LogP contribution in [0.4, 0.5) is 4.39 Å². The minimum absolute atomic E-state index is 0.0875. The molecule has 0 unspecified atom stereocenters. The Kier molecular flexibility index (Phi) is 4.97. The monoisotopic (exact) mass is 364 g/mol. The fraction of sp³-hybridized carbons (Fsp3) is 0.136. The summed E-state index contributed by atoms with van der Waals surface area (Å²) in [4.78, 5) is 0. The van der Waals surface area contributed by atoms with Gasteiger partial charge in [-0.1, -0.05) is 41.4 Å². The smallest absolute Gasteiger partial charge is 0.141 e. The molecule has 3 rings (SSSR count). The predicted molar refractivity (Wildman–Crippen MR) is 105 cm³/mol. The summed E-state index contributed by atoms with van der Waals surface area (Å²) in [7, 11) is 0. The Hall–Kier alpha value is -2.83. The number of nitrogens with zero attached hydrogens (tertiary/aromatic N) is 2. The first kappa shape index (κ1) is 18.0. The standard InChI is InChI=1S/C22H18ClFN2/c1-14-4-6-17(7-5-14)19(13-25)11-18-10-15(2)26(16(18)3)20-8-9-22(24)21(23)12-20/h4-12H,1-3H3/b19-11+. The van der Waals surface area contributed by atoms with Gasteiger partial charge in [0.05, 0.1) is 16.7 Å². The van der Waals surface area contributed by atoms with E-state index in [1.807, 2.05) is 61.7 Å². The number of allylic oxidation sites excluding steroid dienone is 1. The van der Waals surface area contributed by atoms with Crippen LogP contribution in [0.25, 0.3) is 17.3 Å². The average Bonchev–Trinajstić information content (AvgIpc) is 2.90. The lowest BCUT2D eigenvalue weighted by Gasteiger charge is -2.10. The molecule has 0 atom stereocenters. The van der Waals surface area contributed by atoms with Crippen molar-refractivity contribution in [3.63, 3.8) is 0 Å². The van der Waals surface area contributed by atoms with E-state index in [1.165, 1.54) is 6.07 Å². The lowest BCUT2D eigenvalue weighted by Crippen LogP contribution is -1.99. The van der Waals surface area contributed by atoms with Gasteiger partial charge in [-0.3, -0.25) is 0 Å². The molecule has 0 amide bonds. The third-order valence-electron chi connectivity index (χ3n) is 4.41. The van der Waals surface area contributed by atoms with Crippen molar-refractivity contribution in [3.05, 3.63) is 87.4 Å². The third-order valence-corrected chi connectivity index (χ3v) is 4.70. The molecule has 0 aliphatic rings. The number of nitriles is 1. The lowest BCUT2D eigenvalue weighted by atomic mass is 10.0. The molecule has 0 saturated heterocycles. The molecule has 2 aromatic carbocycles. The molecule has 0 fully saturated rings. The second kappa shape index (κ2) is 7.19. The highest BCUT2D eigenvalue weighted by molar-refractivity contribution is 6.30. The molecule has 3 aromatic rings. The number of benzene rings is 2. The van der Waals surface area contributed by atoms with E-state index in [0.29, 0.717) is 5.57 Å². The van der Waals surface area contributed by atoms with Crippen molar-refractivity contribution >= 4 is 23.3 Å². The predicted octanol–water partition coefficient (Wildman–Crippen LogP) is 6.26. The summed E-state index contributed by atoms with van der Waals surface area (Å²) in [5.41, 5.74) is 6.31. The molecular weight excluding hydrogens is 347 g/mol. The van der Waals surface area contributed by atoms with Gasteiger partial charge in [0.15, 0.2) is 0 Å². The van der Waals surface area contributed by atoms with Gasteiger partial charge in [-0.25, -0.2) is 4.39 Å². The van der Waals surface area contributed by atoms with E-state index in [9.17, 15) is 9.65 Å². The first-order chi connectivity index (χ1) is 12.4. The number of halogens is 2. The van der Waals surface area contributed by atoms with Crippen LogP contribution < -0.4 is 0 Å². The maximum absolute atomic E-state index is 13.5. The van der Waals surface area contributed by atoms with Crippen LogP contribution in [0, 0.1) is 37.9 Å². The van der Waals surface area contributed by atoms with E-state index >= 15 is 0 Å². The van der Waals surface area contributed by atoms with E-state index in [2.05, 4.69) is 6.07 Å². The van der Waals surface area contributed by atoms with E-state index < -0.39 is 5.82 Å². The summed E-state index contributed by atoms with van der Waals surface area (Å²) >= 11 is 5.93. The highest BCUT2D eigenvalue weighted by Gasteiger charge is 2.12. The Morgan fingerprint density at radius 3 is 2.38 bits per heavy atom. The summed E-state index contributed by atoms with van der Waals surface area (Å²) in [5.74, 6) is -0.441. The van der Waals surface area contributed by atoms with Gasteiger partial charge in [0.1, 0.15) is 5.82 Å². The minimum atomic E-state index is -0.441. The molecule has 1 aromatic heterocycles. The van der Waals surface area contributed by atoms with Gasteiger partial charge in [0.2, 0.25) is 0 Å². The van der Waals surface area contributed by atoms with Gasteiger partial charge < -0.3 is 4.57 Å². The van der Waals surface area contributed by atoms with Gasteiger partial charge in [-0.05, 0) is 62.2 Å². The topological polar surface area (TPSA) is 28.7 Å². The number of hydrogen-bond donors (Lipinski definition) is 0. The van der Waals surface area contributed by atoms with Crippen molar-refractivity contribution in [2.45, 2.75) is 20.8 Å². The number of hydrogen-bond acceptors (Lipinski definition) is 1. The van der Waals surface area contributed by atoms with Crippen LogP contribution >= 0.6 is 11.6 Å². The molecule has 0 N–H and O–H groups in total. The van der Waals surface area contributed by atoms with Crippen LogP contribution in [0.1, 0.15) is 28.1 Å². The Bertz CT molecular complexity index is 1040. The van der Waals surface area contributed by atoms with Gasteiger partial charge in [0.25, 0.3) is 0 Å². The molecule has 0 aliphatic heterocycles. The van der Waals surface area contributed by atoms with Crippen molar-refractivity contribution in [2.24, 2.45) is 0 Å². The first-order valence-corrected chi connectivity index (χ1v) is 8.61. The van der Waals surface area contributed by atoms with Crippen LogP contribution in [0.5, 0.6) is 0 Å². The maximum Gasteiger partial charge on any atom is 0.141 e. The molecule has 26 heavy (non-hydrogen) atoms. The molecule has 0 aliphatic carbocycles. The van der Waals surface area contributed by atoms with E-state index in [4.69, 9.17) is 11.6 Å². The average molecular weight is 365 g/mol. The molecule has 1 heterocycles. The highest BCUT2D eigenvalue weighted by atomic mass is 35.5. The SMILES string of the molecule is Cc1ccc(/C(C#N)=C/c2cc(C)n(-c3ccc(F)c(Cl)c3)c2C)cc1. The molecule has 4 heteroatoms. The van der Waals surface area contributed by atoms with Crippen molar-refractivity contribution in [2.75, 3.05) is 0 Å². The van der Waals surface area contributed by atoms with Gasteiger partial charge in [-0.15, -0.1) is 0 Å². The van der Waals surface area contributed by atoms with Crippen molar-refractivity contribution in [1.82, 2.24) is 4.57 Å². The molecule has 0 bridgehead atoms. The minimum Gasteiger partial charge on any atom is -0.318 e. The largest absolute Gasteiger partial charge is 0.318 e. The van der Waals surface area contributed by atoms with Gasteiger partial charge in [0, 0.05) is 17.1 Å². The zero-order chi connectivity index (χ0) is 18.8. The van der Waals surface area contributed by atoms with Crippen LogP contribution in [0.3, 0.4) is 0 Å². The molecule has 0 radical (unpaired) electrons. The maximum atomic E-state index is 13.5. The first-order valence-electron chi connectivity index (χ1n) is 8.24. The molecule has 0 saturated carbocycles. The molecule has 2 nitrogen and oxygen atoms in total. The molecular formula is C22H18ClFN2. The summed E-state index contributed by atoms with van der Waals surface area (Å²) in [6, 6.07) is 16.8. The van der Waals surface area contributed by atoms with Gasteiger partial charge >= 0.3 is 0 Å². The van der Waals surface area contributed by atoms with E-state index in [-0.39, 0.29) is 5.02 Å². The number of aromatic nitrogens is 1. The zero-order valence-electron chi connectivity index (χ0n) is 14.8. The van der Waals surface area contributed by atoms with Crippen molar-refractivity contribution < 1.29 is 4.39 Å². The number of rotatable bonds is 3. The fourth-order valence-electron chi connectivity index (χ4n) is 3.02. The van der Waals surface area contributed by atoms with Gasteiger partial charge in [-0.2, -0.15) is 5.26 Å². The second-order valence-corrected chi connectivity index (χ2v) is 6.70. The Balaban J connectivity index is 2.08. The second-order valence-electron chi connectivity index (χ2n) is 6.30.